The zero-order valence-electron chi connectivity index (χ0n) is 15.3. The molecule has 1 aromatic carbocycles. The Kier molecular flexibility index (Phi) is 5.00. The van der Waals surface area contributed by atoms with E-state index in [9.17, 15) is 21.6 Å². The van der Waals surface area contributed by atoms with Crippen molar-refractivity contribution in [2.45, 2.75) is 31.1 Å². The summed E-state index contributed by atoms with van der Waals surface area (Å²) in [5.41, 5.74) is 0.497. The standard InChI is InChI=1S/C18H17F3N4O2S/c1-11(2)14-10-15(12-5-4-6-13(9-12)18(19,20)21)25(24-14)16-7-8-22-17(23-16)28(3,26)27/h4-11H,1-3H3. The molecule has 0 atom stereocenters. The van der Waals surface area contributed by atoms with Crippen molar-refractivity contribution in [1.29, 1.82) is 0 Å². The molecule has 0 amide bonds. The zero-order chi connectivity index (χ0) is 20.7. The van der Waals surface area contributed by atoms with E-state index in [1.54, 1.807) is 6.07 Å². The first-order chi connectivity index (χ1) is 13.0. The third kappa shape index (κ3) is 4.06. The molecule has 148 valence electrons. The first-order valence-corrected chi connectivity index (χ1v) is 10.2. The quantitative estimate of drug-likeness (QED) is 0.610. The summed E-state index contributed by atoms with van der Waals surface area (Å²) in [7, 11) is -3.66. The molecule has 2 aromatic heterocycles. The lowest BCUT2D eigenvalue weighted by Crippen LogP contribution is -2.09. The van der Waals surface area contributed by atoms with Crippen LogP contribution in [0, 0.1) is 0 Å². The first kappa shape index (κ1) is 20.0. The third-order valence-electron chi connectivity index (χ3n) is 3.97. The lowest BCUT2D eigenvalue weighted by molar-refractivity contribution is -0.137. The predicted molar refractivity (Wildman–Crippen MR) is 96.8 cm³/mol. The van der Waals surface area contributed by atoms with Gasteiger partial charge in [0.2, 0.25) is 15.0 Å². The van der Waals surface area contributed by atoms with Gasteiger partial charge < -0.3 is 0 Å². The van der Waals surface area contributed by atoms with E-state index in [4.69, 9.17) is 0 Å². The van der Waals surface area contributed by atoms with Crippen molar-refractivity contribution >= 4 is 9.84 Å². The van der Waals surface area contributed by atoms with E-state index in [1.165, 1.54) is 29.1 Å². The van der Waals surface area contributed by atoms with Gasteiger partial charge in [-0.1, -0.05) is 26.0 Å². The van der Waals surface area contributed by atoms with Crippen LogP contribution >= 0.6 is 0 Å². The fourth-order valence-corrected chi connectivity index (χ4v) is 3.06. The van der Waals surface area contributed by atoms with Crippen LogP contribution in [0.4, 0.5) is 13.2 Å². The Morgan fingerprint density at radius 1 is 1.11 bits per heavy atom. The van der Waals surface area contributed by atoms with E-state index < -0.39 is 21.6 Å². The molecule has 28 heavy (non-hydrogen) atoms. The maximum absolute atomic E-state index is 13.1. The Morgan fingerprint density at radius 2 is 1.82 bits per heavy atom. The fourth-order valence-electron chi connectivity index (χ4n) is 2.55. The molecule has 3 aromatic rings. The Balaban J connectivity index is 2.22. The highest BCUT2D eigenvalue weighted by Gasteiger charge is 2.31. The van der Waals surface area contributed by atoms with Crippen LogP contribution in [0.2, 0.25) is 0 Å². The minimum absolute atomic E-state index is 0.00187. The lowest BCUT2D eigenvalue weighted by atomic mass is 10.1. The Hall–Kier alpha value is -2.75. The van der Waals surface area contributed by atoms with Crippen molar-refractivity contribution in [3.63, 3.8) is 0 Å². The van der Waals surface area contributed by atoms with E-state index >= 15 is 0 Å². The summed E-state index contributed by atoms with van der Waals surface area (Å²) in [5, 5.41) is 4.03. The van der Waals surface area contributed by atoms with Gasteiger partial charge in [-0.25, -0.2) is 18.1 Å². The minimum Gasteiger partial charge on any atom is -0.227 e. The minimum atomic E-state index is -4.49. The van der Waals surface area contributed by atoms with Crippen molar-refractivity contribution in [1.82, 2.24) is 19.7 Å². The summed E-state index contributed by atoms with van der Waals surface area (Å²) in [5.74, 6) is 0.150. The van der Waals surface area contributed by atoms with E-state index in [0.717, 1.165) is 18.4 Å². The molecule has 10 heteroatoms. The number of aromatic nitrogens is 4. The van der Waals surface area contributed by atoms with Crippen molar-refractivity contribution in [3.8, 4) is 17.1 Å². The summed E-state index contributed by atoms with van der Waals surface area (Å²) >= 11 is 0. The number of alkyl halides is 3. The molecule has 2 heterocycles. The van der Waals surface area contributed by atoms with Gasteiger partial charge in [0.1, 0.15) is 0 Å². The highest BCUT2D eigenvalue weighted by Crippen LogP contribution is 2.33. The monoisotopic (exact) mass is 410 g/mol. The molecule has 0 radical (unpaired) electrons. The summed E-state index contributed by atoms with van der Waals surface area (Å²) in [6.45, 7) is 3.79. The van der Waals surface area contributed by atoms with Gasteiger partial charge in [-0.05, 0) is 24.1 Å². The first-order valence-electron chi connectivity index (χ1n) is 8.28. The zero-order valence-corrected chi connectivity index (χ0v) is 16.1. The number of hydrogen-bond acceptors (Lipinski definition) is 5. The molecule has 0 fully saturated rings. The van der Waals surface area contributed by atoms with Crippen LogP contribution < -0.4 is 0 Å². The number of halogens is 3. The highest BCUT2D eigenvalue weighted by atomic mass is 32.2. The third-order valence-corrected chi connectivity index (χ3v) is 4.83. The largest absolute Gasteiger partial charge is 0.416 e. The summed E-state index contributed by atoms with van der Waals surface area (Å²) < 4.78 is 64.2. The number of benzene rings is 1. The molecule has 0 aliphatic heterocycles. The smallest absolute Gasteiger partial charge is 0.227 e. The molecule has 0 aliphatic rings. The van der Waals surface area contributed by atoms with Gasteiger partial charge in [-0.3, -0.25) is 0 Å². The van der Waals surface area contributed by atoms with Gasteiger partial charge in [0.25, 0.3) is 0 Å². The van der Waals surface area contributed by atoms with Crippen molar-refractivity contribution in [3.05, 3.63) is 53.9 Å². The van der Waals surface area contributed by atoms with Crippen LogP contribution in [0.1, 0.15) is 31.0 Å². The highest BCUT2D eigenvalue weighted by molar-refractivity contribution is 7.90. The molecule has 0 unspecified atom stereocenters. The number of sulfone groups is 1. The van der Waals surface area contributed by atoms with Gasteiger partial charge in [-0.2, -0.15) is 23.3 Å². The van der Waals surface area contributed by atoms with Crippen LogP contribution in [0.25, 0.3) is 17.1 Å². The molecule has 3 rings (SSSR count). The van der Waals surface area contributed by atoms with Crippen LogP contribution in [-0.4, -0.2) is 34.4 Å². The van der Waals surface area contributed by atoms with Crippen molar-refractivity contribution in [2.24, 2.45) is 0 Å². The molecule has 0 N–H and O–H groups in total. The van der Waals surface area contributed by atoms with Crippen LogP contribution in [0.3, 0.4) is 0 Å². The van der Waals surface area contributed by atoms with Crippen LogP contribution in [-0.2, 0) is 16.0 Å². The maximum atomic E-state index is 13.1. The molecule has 0 spiro atoms. The van der Waals surface area contributed by atoms with Gasteiger partial charge >= 0.3 is 6.18 Å². The van der Waals surface area contributed by atoms with Crippen molar-refractivity contribution < 1.29 is 21.6 Å². The number of rotatable bonds is 4. The molecule has 0 aliphatic carbocycles. The van der Waals surface area contributed by atoms with E-state index in [1.807, 2.05) is 13.8 Å². The van der Waals surface area contributed by atoms with Gasteiger partial charge in [0.05, 0.1) is 17.0 Å². The molecular formula is C18H17F3N4O2S. The normalized spacial score (nSPS) is 12.5. The van der Waals surface area contributed by atoms with E-state index in [0.29, 0.717) is 11.4 Å². The van der Waals surface area contributed by atoms with Gasteiger partial charge in [0.15, 0.2) is 5.82 Å². The second-order valence-electron chi connectivity index (χ2n) is 6.57. The summed E-state index contributed by atoms with van der Waals surface area (Å²) in [6.07, 6.45) is -2.24. The SMILES string of the molecule is CC(C)c1cc(-c2cccc(C(F)(F)F)c2)n(-c2ccnc(S(C)(=O)=O)n2)n1. The fraction of sp³-hybridized carbons (Fsp3) is 0.278. The second-order valence-corrected chi connectivity index (χ2v) is 8.48. The average Bonchev–Trinajstić information content (AvgIpc) is 3.06. The van der Waals surface area contributed by atoms with E-state index in [-0.39, 0.29) is 22.5 Å². The summed E-state index contributed by atoms with van der Waals surface area (Å²) in [4.78, 5) is 7.76. The molecule has 0 saturated heterocycles. The topological polar surface area (TPSA) is 77.7 Å². The lowest BCUT2D eigenvalue weighted by Gasteiger charge is -2.10. The number of hydrogen-bond donors (Lipinski definition) is 0. The molecular weight excluding hydrogens is 393 g/mol. The van der Waals surface area contributed by atoms with Gasteiger partial charge in [-0.15, -0.1) is 0 Å². The second kappa shape index (κ2) is 7.01. The van der Waals surface area contributed by atoms with Gasteiger partial charge in [0, 0.05) is 24.1 Å². The average molecular weight is 410 g/mol. The number of nitrogens with zero attached hydrogens (tertiary/aromatic N) is 4. The Labute approximate surface area is 160 Å². The Bertz CT molecular complexity index is 1120. The van der Waals surface area contributed by atoms with Crippen molar-refractivity contribution in [2.75, 3.05) is 6.26 Å². The van der Waals surface area contributed by atoms with E-state index in [2.05, 4.69) is 15.1 Å². The van der Waals surface area contributed by atoms with Crippen LogP contribution in [0.15, 0.2) is 47.8 Å². The Morgan fingerprint density at radius 3 is 2.43 bits per heavy atom. The molecule has 0 bridgehead atoms. The molecule has 6 nitrogen and oxygen atoms in total. The maximum Gasteiger partial charge on any atom is 0.416 e. The summed E-state index contributed by atoms with van der Waals surface area (Å²) in [6, 6.07) is 7.97. The van der Waals surface area contributed by atoms with Crippen LogP contribution in [0.5, 0.6) is 0 Å². The molecule has 0 saturated carbocycles. The predicted octanol–water partition coefficient (Wildman–Crippen LogP) is 3.88.